The van der Waals surface area contributed by atoms with E-state index in [0.717, 1.165) is 5.56 Å². The lowest BCUT2D eigenvalue weighted by molar-refractivity contribution is 0.470. The van der Waals surface area contributed by atoms with Gasteiger partial charge in [0.05, 0.1) is 12.3 Å². The molecule has 0 aliphatic rings. The second-order valence-corrected chi connectivity index (χ2v) is 4.54. The van der Waals surface area contributed by atoms with Gasteiger partial charge in [0.2, 0.25) is 5.69 Å². The molecule has 0 aliphatic heterocycles. The van der Waals surface area contributed by atoms with E-state index in [0.29, 0.717) is 11.4 Å². The van der Waals surface area contributed by atoms with E-state index < -0.39 is 0 Å². The maximum absolute atomic E-state index is 10.1. The Labute approximate surface area is 127 Å². The zero-order valence-electron chi connectivity index (χ0n) is 11.4. The zero-order chi connectivity index (χ0) is 15.5. The smallest absolute Gasteiger partial charge is 0.250 e. The van der Waals surface area contributed by atoms with Gasteiger partial charge in [-0.05, 0) is 17.7 Å². The second kappa shape index (κ2) is 5.43. The minimum atomic E-state index is 0.0307. The lowest BCUT2D eigenvalue weighted by atomic mass is 10.1. The minimum Gasteiger partial charge on any atom is -0.506 e. The Balaban J connectivity index is 2.37. The highest BCUT2D eigenvalue weighted by Gasteiger charge is 2.21. The van der Waals surface area contributed by atoms with Gasteiger partial charge in [-0.1, -0.05) is 42.5 Å². The van der Waals surface area contributed by atoms with Crippen molar-refractivity contribution in [3.8, 4) is 28.8 Å². The van der Waals surface area contributed by atoms with E-state index in [2.05, 4.69) is 9.94 Å². The second-order valence-electron chi connectivity index (χ2n) is 4.54. The van der Waals surface area contributed by atoms with Gasteiger partial charge in [0.25, 0.3) is 0 Å². The average Bonchev–Trinajstić information content (AvgIpc) is 2.94. The van der Waals surface area contributed by atoms with Crippen molar-refractivity contribution in [2.75, 3.05) is 0 Å². The average molecular weight is 286 g/mol. The molecule has 5 nitrogen and oxygen atoms in total. The Morgan fingerprint density at radius 3 is 2.41 bits per heavy atom. The van der Waals surface area contributed by atoms with E-state index in [1.165, 1.54) is 10.7 Å². The van der Waals surface area contributed by atoms with E-state index >= 15 is 0 Å². The van der Waals surface area contributed by atoms with Gasteiger partial charge in [-0.2, -0.15) is 10.4 Å². The van der Waals surface area contributed by atoms with Crippen LogP contribution in [0.3, 0.4) is 0 Å². The zero-order valence-corrected chi connectivity index (χ0v) is 11.4. The largest absolute Gasteiger partial charge is 0.506 e. The van der Waals surface area contributed by atoms with E-state index in [4.69, 9.17) is 6.57 Å². The van der Waals surface area contributed by atoms with Crippen molar-refractivity contribution >= 4 is 5.69 Å². The number of aromatic nitrogens is 2. The van der Waals surface area contributed by atoms with Crippen molar-refractivity contribution in [1.82, 2.24) is 9.78 Å². The van der Waals surface area contributed by atoms with Gasteiger partial charge in [-0.15, -0.1) is 0 Å². The van der Waals surface area contributed by atoms with Crippen molar-refractivity contribution in [3.63, 3.8) is 0 Å². The molecule has 0 unspecified atom stereocenters. The van der Waals surface area contributed by atoms with Crippen LogP contribution in [-0.2, 0) is 0 Å². The summed E-state index contributed by atoms with van der Waals surface area (Å²) in [6.45, 7) is 7.37. The summed E-state index contributed by atoms with van der Waals surface area (Å²) in [6.07, 6.45) is 0. The number of para-hydroxylation sites is 2. The topological polar surface area (TPSA) is 66.2 Å². The first-order chi connectivity index (χ1) is 10.8. The van der Waals surface area contributed by atoms with Crippen molar-refractivity contribution in [1.29, 1.82) is 5.26 Å². The molecule has 0 spiro atoms. The Hall–Kier alpha value is -3.57. The molecule has 0 fully saturated rings. The lowest BCUT2D eigenvalue weighted by Gasteiger charge is -2.10. The van der Waals surface area contributed by atoms with Crippen LogP contribution in [0.1, 0.15) is 5.69 Å². The number of aromatic hydroxyl groups is 1. The molecule has 3 rings (SSSR count). The fourth-order valence-corrected chi connectivity index (χ4v) is 2.26. The van der Waals surface area contributed by atoms with Crippen LogP contribution in [0.2, 0.25) is 0 Å². The van der Waals surface area contributed by atoms with Crippen molar-refractivity contribution in [3.05, 3.63) is 71.7 Å². The molecule has 3 aromatic rings. The monoisotopic (exact) mass is 286 g/mol. The number of nitrogens with zero attached hydrogens (tertiary/aromatic N) is 4. The SMILES string of the molecule is [C-]#[N+]c1c(C#N)nn(-c2ccccc2O)c1-c1ccccc1. The number of phenolic OH excluding ortho intramolecular Hbond substituents is 1. The lowest BCUT2D eigenvalue weighted by Crippen LogP contribution is -1.99. The molecule has 1 aromatic heterocycles. The quantitative estimate of drug-likeness (QED) is 0.731. The molecule has 0 radical (unpaired) electrons. The third-order valence-corrected chi connectivity index (χ3v) is 3.24. The number of benzene rings is 2. The first-order valence-electron chi connectivity index (χ1n) is 6.50. The molecule has 0 aliphatic carbocycles. The molecule has 0 atom stereocenters. The van der Waals surface area contributed by atoms with Crippen LogP contribution in [0.5, 0.6) is 5.75 Å². The van der Waals surface area contributed by atoms with Crippen molar-refractivity contribution in [2.24, 2.45) is 0 Å². The molecular formula is C17H10N4O. The Morgan fingerprint density at radius 2 is 1.77 bits per heavy atom. The highest BCUT2D eigenvalue weighted by Crippen LogP contribution is 2.37. The van der Waals surface area contributed by atoms with E-state index in [-0.39, 0.29) is 17.1 Å². The summed E-state index contributed by atoms with van der Waals surface area (Å²) in [5.74, 6) is 0.0307. The number of rotatable bonds is 2. The van der Waals surface area contributed by atoms with Crippen LogP contribution in [0.15, 0.2) is 54.6 Å². The van der Waals surface area contributed by atoms with Crippen LogP contribution in [0.25, 0.3) is 21.8 Å². The molecule has 1 N–H and O–H groups in total. The molecular weight excluding hydrogens is 276 g/mol. The van der Waals surface area contributed by atoms with Gasteiger partial charge in [-0.3, -0.25) is 0 Å². The summed E-state index contributed by atoms with van der Waals surface area (Å²) in [4.78, 5) is 3.46. The Bertz CT molecular complexity index is 914. The van der Waals surface area contributed by atoms with Gasteiger partial charge >= 0.3 is 0 Å². The highest BCUT2D eigenvalue weighted by atomic mass is 16.3. The van der Waals surface area contributed by atoms with Gasteiger partial charge < -0.3 is 5.11 Å². The van der Waals surface area contributed by atoms with E-state index in [9.17, 15) is 10.4 Å². The van der Waals surface area contributed by atoms with Crippen LogP contribution < -0.4 is 0 Å². The highest BCUT2D eigenvalue weighted by molar-refractivity contribution is 5.81. The van der Waals surface area contributed by atoms with Gasteiger partial charge in [0, 0.05) is 0 Å². The van der Waals surface area contributed by atoms with Gasteiger partial charge in [-0.25, -0.2) is 9.53 Å². The third-order valence-electron chi connectivity index (χ3n) is 3.24. The molecule has 104 valence electrons. The molecule has 1 heterocycles. The number of nitriles is 1. The Kier molecular flexibility index (Phi) is 3.31. The predicted molar refractivity (Wildman–Crippen MR) is 81.6 cm³/mol. The van der Waals surface area contributed by atoms with E-state index in [1.807, 2.05) is 36.4 Å². The number of hydrogen-bond acceptors (Lipinski definition) is 3. The normalized spacial score (nSPS) is 9.91. The Morgan fingerprint density at radius 1 is 1.09 bits per heavy atom. The summed E-state index contributed by atoms with van der Waals surface area (Å²) in [5.41, 5.74) is 1.89. The molecule has 0 bridgehead atoms. The summed E-state index contributed by atoms with van der Waals surface area (Å²) in [6, 6.07) is 17.8. The van der Waals surface area contributed by atoms with Crippen LogP contribution in [0.4, 0.5) is 5.69 Å². The van der Waals surface area contributed by atoms with Crippen LogP contribution in [-0.4, -0.2) is 14.9 Å². The molecule has 0 saturated heterocycles. The maximum atomic E-state index is 10.1. The van der Waals surface area contributed by atoms with E-state index in [1.54, 1.807) is 18.2 Å². The first kappa shape index (κ1) is 13.4. The molecule has 2 aromatic carbocycles. The maximum Gasteiger partial charge on any atom is 0.250 e. The fourth-order valence-electron chi connectivity index (χ4n) is 2.26. The summed E-state index contributed by atoms with van der Waals surface area (Å²) in [7, 11) is 0. The van der Waals surface area contributed by atoms with Gasteiger partial charge in [0.1, 0.15) is 17.5 Å². The predicted octanol–water partition coefficient (Wildman–Crippen LogP) is 3.67. The van der Waals surface area contributed by atoms with Crippen LogP contribution in [0, 0.1) is 17.9 Å². The summed E-state index contributed by atoms with van der Waals surface area (Å²) >= 11 is 0. The van der Waals surface area contributed by atoms with Crippen molar-refractivity contribution in [2.45, 2.75) is 0 Å². The number of phenols is 1. The third kappa shape index (κ3) is 2.07. The van der Waals surface area contributed by atoms with Gasteiger partial charge in [0.15, 0.2) is 5.69 Å². The molecule has 22 heavy (non-hydrogen) atoms. The summed E-state index contributed by atoms with van der Waals surface area (Å²) < 4.78 is 1.44. The first-order valence-corrected chi connectivity index (χ1v) is 6.50. The summed E-state index contributed by atoms with van der Waals surface area (Å²) in [5, 5.41) is 23.5. The van der Waals surface area contributed by atoms with Crippen molar-refractivity contribution < 1.29 is 5.11 Å². The molecule has 0 amide bonds. The van der Waals surface area contributed by atoms with Crippen LogP contribution >= 0.6 is 0 Å². The minimum absolute atomic E-state index is 0.0307. The molecule has 5 heteroatoms. The molecule has 0 saturated carbocycles. The standard InChI is InChI=1S/C17H10N4O/c1-19-16-13(11-18)20-21(14-9-5-6-10-15(14)22)17(16)12-7-3-2-4-8-12/h2-10,22H. The fraction of sp³-hybridized carbons (Fsp3) is 0. The number of hydrogen-bond donors (Lipinski definition) is 1.